The van der Waals surface area contributed by atoms with Gasteiger partial charge in [0.1, 0.15) is 12.3 Å². The fraction of sp³-hybridized carbons (Fsp3) is 0.250. The van der Waals surface area contributed by atoms with Crippen molar-refractivity contribution in [2.24, 2.45) is 0 Å². The molecule has 0 bridgehead atoms. The van der Waals surface area contributed by atoms with Crippen molar-refractivity contribution in [1.29, 1.82) is 0 Å². The predicted octanol–water partition coefficient (Wildman–Crippen LogP) is 3.70. The molecule has 32 heavy (non-hydrogen) atoms. The fourth-order valence-corrected chi connectivity index (χ4v) is 4.19. The second-order valence-electron chi connectivity index (χ2n) is 8.02. The average molecular weight is 429 g/mol. The summed E-state index contributed by atoms with van der Waals surface area (Å²) in [6, 6.07) is 14.0. The summed E-state index contributed by atoms with van der Waals surface area (Å²) in [6.45, 7) is 4.72. The molecule has 1 saturated heterocycles. The zero-order chi connectivity index (χ0) is 22.2. The van der Waals surface area contributed by atoms with Gasteiger partial charge in [-0.05, 0) is 36.6 Å². The van der Waals surface area contributed by atoms with Gasteiger partial charge in [0, 0.05) is 18.3 Å². The molecule has 0 aliphatic carbocycles. The summed E-state index contributed by atoms with van der Waals surface area (Å²) in [5.41, 5.74) is 3.37. The number of carbonyl (C=O) groups excluding carboxylic acids is 2. The van der Waals surface area contributed by atoms with E-state index in [1.807, 2.05) is 32.0 Å². The Balaban J connectivity index is 1.29. The van der Waals surface area contributed by atoms with Gasteiger partial charge in [0.05, 0.1) is 24.1 Å². The molecule has 0 saturated carbocycles. The number of urea groups is 1. The molecule has 0 N–H and O–H groups in total. The van der Waals surface area contributed by atoms with Crippen LogP contribution in [0, 0.1) is 13.8 Å². The fourth-order valence-electron chi connectivity index (χ4n) is 4.19. The number of aryl methyl sites for hydroxylation is 2. The van der Waals surface area contributed by atoms with E-state index >= 15 is 0 Å². The summed E-state index contributed by atoms with van der Waals surface area (Å²) < 4.78 is 6.88. The quantitative estimate of drug-likeness (QED) is 0.437. The topological polar surface area (TPSA) is 84.5 Å². The van der Waals surface area contributed by atoms with Crippen molar-refractivity contribution in [3.63, 3.8) is 0 Å². The minimum absolute atomic E-state index is 0.0681. The average Bonchev–Trinajstić information content (AvgIpc) is 3.46. The summed E-state index contributed by atoms with van der Waals surface area (Å²) in [5.74, 6) is 0.484. The highest BCUT2D eigenvalue weighted by atomic mass is 16.5. The summed E-state index contributed by atoms with van der Waals surface area (Å²) in [5, 5.41) is 10.6. The molecule has 1 fully saturated rings. The molecule has 8 nitrogen and oxygen atoms in total. The minimum atomic E-state index is -0.313. The SMILES string of the molecule is Cc1noc(C)c1Cn1cc(N2C(=O)CN(CCc3cccc4ccccc34)C2=O)cn1. The number of carbonyl (C=O) groups is 2. The number of benzene rings is 2. The maximum atomic E-state index is 13.0. The normalized spacial score (nSPS) is 14.2. The standard InChI is InChI=1S/C24H23N5O3/c1-16-22(17(2)32-26-16)14-28-13-20(12-25-28)29-23(30)15-27(24(29)31)11-10-19-8-5-7-18-6-3-4-9-21(18)19/h3-9,12-13H,10-11,14-15H2,1-2H3. The number of hydrogen-bond acceptors (Lipinski definition) is 5. The van der Waals surface area contributed by atoms with Crippen LogP contribution in [-0.4, -0.2) is 44.9 Å². The zero-order valence-electron chi connectivity index (χ0n) is 18.0. The van der Waals surface area contributed by atoms with Crippen LogP contribution in [0.25, 0.3) is 10.8 Å². The highest BCUT2D eigenvalue weighted by Crippen LogP contribution is 2.24. The number of anilines is 1. The van der Waals surface area contributed by atoms with Gasteiger partial charge in [-0.25, -0.2) is 9.69 Å². The van der Waals surface area contributed by atoms with E-state index in [2.05, 4.69) is 34.5 Å². The van der Waals surface area contributed by atoms with Crippen molar-refractivity contribution in [1.82, 2.24) is 19.8 Å². The molecule has 3 amide bonds. The first-order valence-corrected chi connectivity index (χ1v) is 10.5. The van der Waals surface area contributed by atoms with Crippen LogP contribution in [0.2, 0.25) is 0 Å². The minimum Gasteiger partial charge on any atom is -0.361 e. The van der Waals surface area contributed by atoms with E-state index in [0.717, 1.165) is 22.6 Å². The first kappa shape index (κ1) is 20.0. The van der Waals surface area contributed by atoms with E-state index in [1.165, 1.54) is 15.7 Å². The third-order valence-corrected chi connectivity index (χ3v) is 5.95. The lowest BCUT2D eigenvalue weighted by Crippen LogP contribution is -2.33. The number of nitrogens with zero attached hydrogens (tertiary/aromatic N) is 5. The van der Waals surface area contributed by atoms with E-state index in [1.54, 1.807) is 22.0 Å². The van der Waals surface area contributed by atoms with Crippen molar-refractivity contribution in [3.8, 4) is 0 Å². The number of imide groups is 1. The van der Waals surface area contributed by atoms with E-state index in [9.17, 15) is 9.59 Å². The van der Waals surface area contributed by atoms with Gasteiger partial charge in [-0.2, -0.15) is 5.10 Å². The van der Waals surface area contributed by atoms with Crippen molar-refractivity contribution in [2.75, 3.05) is 18.0 Å². The second kappa shape index (κ2) is 7.96. The van der Waals surface area contributed by atoms with E-state index in [-0.39, 0.29) is 18.5 Å². The summed E-state index contributed by atoms with van der Waals surface area (Å²) >= 11 is 0. The Bertz CT molecular complexity index is 1300. The molecule has 1 aliphatic heterocycles. The summed E-state index contributed by atoms with van der Waals surface area (Å²) in [7, 11) is 0. The molecule has 8 heteroatoms. The molecule has 0 spiro atoms. The largest absolute Gasteiger partial charge is 0.361 e. The van der Waals surface area contributed by atoms with Crippen LogP contribution >= 0.6 is 0 Å². The van der Waals surface area contributed by atoms with Gasteiger partial charge in [0.25, 0.3) is 5.91 Å². The lowest BCUT2D eigenvalue weighted by molar-refractivity contribution is -0.116. The molecule has 3 heterocycles. The van der Waals surface area contributed by atoms with Crippen molar-refractivity contribution < 1.29 is 14.1 Å². The molecule has 2 aromatic carbocycles. The Labute approximate surface area is 185 Å². The first-order chi connectivity index (χ1) is 15.5. The Morgan fingerprint density at radius 2 is 1.88 bits per heavy atom. The van der Waals surface area contributed by atoms with Gasteiger partial charge in [0.2, 0.25) is 0 Å². The molecule has 1 aliphatic rings. The Morgan fingerprint density at radius 3 is 2.69 bits per heavy atom. The number of rotatable bonds is 6. The molecule has 0 unspecified atom stereocenters. The Hall–Kier alpha value is -3.94. The van der Waals surface area contributed by atoms with Gasteiger partial charge >= 0.3 is 6.03 Å². The number of hydrogen-bond donors (Lipinski definition) is 0. The van der Waals surface area contributed by atoms with Crippen LogP contribution in [0.5, 0.6) is 0 Å². The van der Waals surface area contributed by atoms with E-state index in [0.29, 0.717) is 25.2 Å². The molecular weight excluding hydrogens is 406 g/mol. The third kappa shape index (κ3) is 3.53. The van der Waals surface area contributed by atoms with E-state index in [4.69, 9.17) is 4.52 Å². The molecule has 0 radical (unpaired) electrons. The lowest BCUT2D eigenvalue weighted by Gasteiger charge is -2.16. The monoisotopic (exact) mass is 429 g/mol. The number of fused-ring (bicyclic) bond motifs is 1. The van der Waals surface area contributed by atoms with Gasteiger partial charge in [-0.1, -0.05) is 47.6 Å². The van der Waals surface area contributed by atoms with Crippen LogP contribution < -0.4 is 4.90 Å². The second-order valence-corrected chi connectivity index (χ2v) is 8.02. The smallest absolute Gasteiger partial charge is 0.331 e. The maximum absolute atomic E-state index is 13.0. The van der Waals surface area contributed by atoms with Gasteiger partial charge in [-0.3, -0.25) is 9.48 Å². The molecule has 2 aromatic heterocycles. The first-order valence-electron chi connectivity index (χ1n) is 10.5. The van der Waals surface area contributed by atoms with Crippen LogP contribution in [0.15, 0.2) is 59.4 Å². The molecule has 162 valence electrons. The van der Waals surface area contributed by atoms with E-state index < -0.39 is 0 Å². The van der Waals surface area contributed by atoms with Crippen molar-refractivity contribution in [2.45, 2.75) is 26.8 Å². The maximum Gasteiger partial charge on any atom is 0.331 e. The van der Waals surface area contributed by atoms with Crippen LogP contribution in [0.4, 0.5) is 10.5 Å². The summed E-state index contributed by atoms with van der Waals surface area (Å²) in [4.78, 5) is 28.5. The van der Waals surface area contributed by atoms with Crippen LogP contribution in [-0.2, 0) is 17.8 Å². The lowest BCUT2D eigenvalue weighted by atomic mass is 10.0. The highest BCUT2D eigenvalue weighted by molar-refractivity contribution is 6.19. The highest BCUT2D eigenvalue weighted by Gasteiger charge is 2.37. The van der Waals surface area contributed by atoms with Gasteiger partial charge < -0.3 is 9.42 Å². The molecular formula is C24H23N5O3. The Kier molecular flexibility index (Phi) is 4.97. The van der Waals surface area contributed by atoms with Crippen LogP contribution in [0.3, 0.4) is 0 Å². The molecule has 0 atom stereocenters. The Morgan fingerprint density at radius 1 is 1.06 bits per heavy atom. The van der Waals surface area contributed by atoms with Crippen molar-refractivity contribution in [3.05, 3.63) is 77.4 Å². The van der Waals surface area contributed by atoms with Gasteiger partial charge in [0.15, 0.2) is 0 Å². The van der Waals surface area contributed by atoms with Gasteiger partial charge in [-0.15, -0.1) is 0 Å². The number of aromatic nitrogens is 3. The zero-order valence-corrected chi connectivity index (χ0v) is 18.0. The number of amides is 3. The molecule has 5 rings (SSSR count). The summed E-state index contributed by atoms with van der Waals surface area (Å²) in [6.07, 6.45) is 3.93. The predicted molar refractivity (Wildman–Crippen MR) is 119 cm³/mol. The molecule has 4 aromatic rings. The van der Waals surface area contributed by atoms with Crippen LogP contribution in [0.1, 0.15) is 22.6 Å². The third-order valence-electron chi connectivity index (χ3n) is 5.95. The van der Waals surface area contributed by atoms with Crippen molar-refractivity contribution >= 4 is 28.4 Å².